The van der Waals surface area contributed by atoms with Gasteiger partial charge in [0.05, 0.1) is 0 Å². The average Bonchev–Trinajstić information content (AvgIpc) is 2.74. The van der Waals surface area contributed by atoms with Crippen molar-refractivity contribution in [3.05, 3.63) is 12.2 Å². The van der Waals surface area contributed by atoms with Crippen molar-refractivity contribution >= 4 is 0 Å². The minimum absolute atomic E-state index is 0.798. The number of unbranched alkanes of at least 4 members (excludes halogenated alkanes) is 17. The highest BCUT2D eigenvalue weighted by molar-refractivity contribution is 4.81. The summed E-state index contributed by atoms with van der Waals surface area (Å²) in [5.41, 5.74) is 0. The fourth-order valence-corrected chi connectivity index (χ4v) is 4.45. The largest absolute Gasteiger partial charge is 0.306 e. The van der Waals surface area contributed by atoms with Gasteiger partial charge in [-0.15, -0.1) is 0 Å². The molecule has 0 rings (SSSR count). The molecule has 0 aliphatic rings. The summed E-state index contributed by atoms with van der Waals surface area (Å²) in [4.78, 5) is 2.47. The molecule has 1 unspecified atom stereocenters. The second-order valence-corrected chi connectivity index (χ2v) is 9.90. The topological polar surface area (TPSA) is 3.24 Å². The van der Waals surface area contributed by atoms with Gasteiger partial charge in [0.15, 0.2) is 0 Å². The molecule has 0 amide bonds. The van der Waals surface area contributed by atoms with Crippen LogP contribution in [0.3, 0.4) is 0 Å². The SMILES string of the molecule is CCCCCCCCCCC/C=C\CCCCC(CCCCCCCCC)N(C)C. The molecule has 180 valence electrons. The summed E-state index contributed by atoms with van der Waals surface area (Å²) in [7, 11) is 4.55. The summed E-state index contributed by atoms with van der Waals surface area (Å²) in [6, 6.07) is 0.798. The highest BCUT2D eigenvalue weighted by Crippen LogP contribution is 2.17. The normalized spacial score (nSPS) is 13.0. The van der Waals surface area contributed by atoms with E-state index in [9.17, 15) is 0 Å². The van der Waals surface area contributed by atoms with Gasteiger partial charge in [-0.3, -0.25) is 0 Å². The quantitative estimate of drug-likeness (QED) is 0.111. The third-order valence-electron chi connectivity index (χ3n) is 6.67. The molecule has 0 heterocycles. The van der Waals surface area contributed by atoms with E-state index >= 15 is 0 Å². The zero-order valence-corrected chi connectivity index (χ0v) is 21.7. The van der Waals surface area contributed by atoms with E-state index in [1.807, 2.05) is 0 Å². The lowest BCUT2D eigenvalue weighted by molar-refractivity contribution is 0.252. The molecule has 0 aromatic carbocycles. The van der Waals surface area contributed by atoms with Crippen molar-refractivity contribution in [2.24, 2.45) is 0 Å². The lowest BCUT2D eigenvalue weighted by Crippen LogP contribution is -2.27. The summed E-state index contributed by atoms with van der Waals surface area (Å²) in [6.07, 6.45) is 35.9. The average molecular weight is 422 g/mol. The van der Waals surface area contributed by atoms with Crippen molar-refractivity contribution in [2.75, 3.05) is 14.1 Å². The molecule has 0 aromatic rings. The molecule has 0 saturated carbocycles. The van der Waals surface area contributed by atoms with Crippen LogP contribution in [0.2, 0.25) is 0 Å². The predicted molar refractivity (Wildman–Crippen MR) is 140 cm³/mol. The summed E-state index contributed by atoms with van der Waals surface area (Å²) >= 11 is 0. The van der Waals surface area contributed by atoms with Crippen LogP contribution in [0.25, 0.3) is 0 Å². The third-order valence-corrected chi connectivity index (χ3v) is 6.67. The van der Waals surface area contributed by atoms with Gasteiger partial charge in [-0.1, -0.05) is 129 Å². The van der Waals surface area contributed by atoms with Gasteiger partial charge in [-0.2, -0.15) is 0 Å². The molecule has 0 saturated heterocycles. The Bertz CT molecular complexity index is 333. The first-order valence-corrected chi connectivity index (χ1v) is 14.0. The van der Waals surface area contributed by atoms with E-state index in [4.69, 9.17) is 0 Å². The van der Waals surface area contributed by atoms with E-state index in [0.717, 1.165) is 6.04 Å². The molecular formula is C29H59N. The maximum atomic E-state index is 2.47. The van der Waals surface area contributed by atoms with Gasteiger partial charge in [-0.25, -0.2) is 0 Å². The van der Waals surface area contributed by atoms with Crippen LogP contribution in [-0.4, -0.2) is 25.0 Å². The number of allylic oxidation sites excluding steroid dienone is 2. The monoisotopic (exact) mass is 421 g/mol. The highest BCUT2D eigenvalue weighted by atomic mass is 15.1. The lowest BCUT2D eigenvalue weighted by Gasteiger charge is -2.24. The van der Waals surface area contributed by atoms with Gasteiger partial charge in [0.2, 0.25) is 0 Å². The highest BCUT2D eigenvalue weighted by Gasteiger charge is 2.10. The Labute approximate surface area is 192 Å². The van der Waals surface area contributed by atoms with Gasteiger partial charge >= 0.3 is 0 Å². The third kappa shape index (κ3) is 22.4. The summed E-state index contributed by atoms with van der Waals surface area (Å²) in [6.45, 7) is 4.60. The molecule has 0 aromatic heterocycles. The lowest BCUT2D eigenvalue weighted by atomic mass is 10.00. The summed E-state index contributed by atoms with van der Waals surface area (Å²) in [5, 5.41) is 0. The minimum atomic E-state index is 0.798. The second kappa shape index (κ2) is 25.0. The van der Waals surface area contributed by atoms with E-state index in [0.29, 0.717) is 0 Å². The minimum Gasteiger partial charge on any atom is -0.306 e. The molecule has 0 aliphatic carbocycles. The molecule has 0 spiro atoms. The van der Waals surface area contributed by atoms with E-state index in [1.165, 1.54) is 141 Å². The Hall–Kier alpha value is -0.300. The summed E-state index contributed by atoms with van der Waals surface area (Å²) in [5.74, 6) is 0. The van der Waals surface area contributed by atoms with E-state index in [2.05, 4.69) is 45.0 Å². The second-order valence-electron chi connectivity index (χ2n) is 9.90. The van der Waals surface area contributed by atoms with Crippen LogP contribution in [0.15, 0.2) is 12.2 Å². The number of hydrogen-bond donors (Lipinski definition) is 0. The molecule has 0 fully saturated rings. The molecule has 0 N–H and O–H groups in total. The molecule has 1 atom stereocenters. The van der Waals surface area contributed by atoms with Crippen molar-refractivity contribution in [1.82, 2.24) is 4.90 Å². The molecule has 1 nitrogen and oxygen atoms in total. The molecular weight excluding hydrogens is 362 g/mol. The van der Waals surface area contributed by atoms with Gasteiger partial charge in [0, 0.05) is 6.04 Å². The van der Waals surface area contributed by atoms with Crippen molar-refractivity contribution in [3.63, 3.8) is 0 Å². The van der Waals surface area contributed by atoms with Gasteiger partial charge in [0.1, 0.15) is 0 Å². The van der Waals surface area contributed by atoms with Crippen molar-refractivity contribution in [1.29, 1.82) is 0 Å². The van der Waals surface area contributed by atoms with Crippen LogP contribution in [0.5, 0.6) is 0 Å². The number of hydrogen-bond acceptors (Lipinski definition) is 1. The Morgan fingerprint density at radius 1 is 0.467 bits per heavy atom. The fraction of sp³-hybridized carbons (Fsp3) is 0.931. The van der Waals surface area contributed by atoms with Gasteiger partial charge in [0.25, 0.3) is 0 Å². The van der Waals surface area contributed by atoms with Crippen molar-refractivity contribution in [3.8, 4) is 0 Å². The van der Waals surface area contributed by atoms with Crippen molar-refractivity contribution < 1.29 is 0 Å². The van der Waals surface area contributed by atoms with E-state index in [1.54, 1.807) is 0 Å². The Morgan fingerprint density at radius 2 is 0.800 bits per heavy atom. The van der Waals surface area contributed by atoms with Crippen LogP contribution in [-0.2, 0) is 0 Å². The number of rotatable bonds is 24. The molecule has 0 aliphatic heterocycles. The molecule has 0 radical (unpaired) electrons. The Balaban J connectivity index is 3.46. The van der Waals surface area contributed by atoms with Crippen molar-refractivity contribution in [2.45, 2.75) is 161 Å². The molecule has 30 heavy (non-hydrogen) atoms. The number of nitrogens with zero attached hydrogens (tertiary/aromatic N) is 1. The van der Waals surface area contributed by atoms with E-state index < -0.39 is 0 Å². The van der Waals surface area contributed by atoms with E-state index in [-0.39, 0.29) is 0 Å². The maximum Gasteiger partial charge on any atom is 0.00891 e. The molecule has 1 heteroatoms. The zero-order valence-electron chi connectivity index (χ0n) is 21.7. The first-order chi connectivity index (χ1) is 14.7. The fourth-order valence-electron chi connectivity index (χ4n) is 4.45. The first-order valence-electron chi connectivity index (χ1n) is 14.0. The van der Waals surface area contributed by atoms with Crippen LogP contribution >= 0.6 is 0 Å². The maximum absolute atomic E-state index is 2.47. The zero-order chi connectivity index (χ0) is 22.1. The standard InChI is InChI=1S/C29H59N/c1-5-7-9-11-13-14-15-16-17-18-19-20-22-24-26-28-29(30(3)4)27-25-23-21-12-10-8-6-2/h19-20,29H,5-18,21-28H2,1-4H3/b20-19-. The summed E-state index contributed by atoms with van der Waals surface area (Å²) < 4.78 is 0. The van der Waals surface area contributed by atoms with Crippen LogP contribution in [0.1, 0.15) is 155 Å². The van der Waals surface area contributed by atoms with Gasteiger partial charge < -0.3 is 4.90 Å². The Kier molecular flexibility index (Phi) is 24.7. The molecule has 0 bridgehead atoms. The van der Waals surface area contributed by atoms with Crippen LogP contribution < -0.4 is 0 Å². The van der Waals surface area contributed by atoms with Crippen LogP contribution in [0.4, 0.5) is 0 Å². The van der Waals surface area contributed by atoms with Crippen LogP contribution in [0, 0.1) is 0 Å². The first kappa shape index (κ1) is 29.7. The smallest absolute Gasteiger partial charge is 0.00891 e. The van der Waals surface area contributed by atoms with Gasteiger partial charge in [-0.05, 0) is 52.6 Å². The Morgan fingerprint density at radius 3 is 1.23 bits per heavy atom. The predicted octanol–water partition coefficient (Wildman–Crippen LogP) is 10.1.